The number of nitrogens with one attached hydrogen (secondary N) is 1. The third kappa shape index (κ3) is 3.22. The zero-order valence-electron chi connectivity index (χ0n) is 8.35. The van der Waals surface area contributed by atoms with E-state index < -0.39 is 11.4 Å². The molecule has 0 aliphatic carbocycles. The standard InChI is InChI=1S/C9H19NO2/c1-5-7(10-4)6-9(2,3)8(11)12/h7,10H,5-6H2,1-4H3,(H,11,12). The molecule has 0 saturated carbocycles. The first-order valence-electron chi connectivity index (χ1n) is 4.34. The van der Waals surface area contributed by atoms with Gasteiger partial charge in [0.2, 0.25) is 0 Å². The van der Waals surface area contributed by atoms with E-state index in [0.29, 0.717) is 12.5 Å². The molecule has 0 fully saturated rings. The minimum atomic E-state index is -0.726. The normalized spacial score (nSPS) is 14.3. The van der Waals surface area contributed by atoms with Gasteiger partial charge in [-0.15, -0.1) is 0 Å². The van der Waals surface area contributed by atoms with E-state index in [1.54, 1.807) is 13.8 Å². The topological polar surface area (TPSA) is 49.3 Å². The number of carboxylic acid groups (broad SMARTS) is 1. The summed E-state index contributed by atoms with van der Waals surface area (Å²) in [6.07, 6.45) is 1.64. The molecule has 0 aliphatic heterocycles. The fourth-order valence-electron chi connectivity index (χ4n) is 1.15. The molecule has 0 aromatic carbocycles. The van der Waals surface area contributed by atoms with Gasteiger partial charge in [-0.25, -0.2) is 0 Å². The molecular formula is C9H19NO2. The van der Waals surface area contributed by atoms with Gasteiger partial charge in [-0.2, -0.15) is 0 Å². The van der Waals surface area contributed by atoms with Crippen molar-refractivity contribution in [3.8, 4) is 0 Å². The largest absolute Gasteiger partial charge is 0.481 e. The van der Waals surface area contributed by atoms with Gasteiger partial charge in [0.25, 0.3) is 0 Å². The fourth-order valence-corrected chi connectivity index (χ4v) is 1.15. The zero-order chi connectivity index (χ0) is 9.78. The maximum absolute atomic E-state index is 10.8. The molecule has 0 rings (SSSR count). The van der Waals surface area contributed by atoms with Crippen molar-refractivity contribution in [1.82, 2.24) is 5.32 Å². The number of rotatable bonds is 5. The summed E-state index contributed by atoms with van der Waals surface area (Å²) in [4.78, 5) is 10.8. The molecule has 72 valence electrons. The van der Waals surface area contributed by atoms with Crippen molar-refractivity contribution in [3.63, 3.8) is 0 Å². The van der Waals surface area contributed by atoms with Gasteiger partial charge in [0.15, 0.2) is 0 Å². The smallest absolute Gasteiger partial charge is 0.309 e. The van der Waals surface area contributed by atoms with E-state index in [2.05, 4.69) is 12.2 Å². The van der Waals surface area contributed by atoms with E-state index >= 15 is 0 Å². The Labute approximate surface area is 74.2 Å². The van der Waals surface area contributed by atoms with Crippen LogP contribution in [0.15, 0.2) is 0 Å². The lowest BCUT2D eigenvalue weighted by atomic mass is 9.85. The molecule has 0 bridgehead atoms. The summed E-state index contributed by atoms with van der Waals surface area (Å²) in [6, 6.07) is 0.302. The van der Waals surface area contributed by atoms with E-state index in [4.69, 9.17) is 5.11 Å². The van der Waals surface area contributed by atoms with Crippen LogP contribution in [-0.4, -0.2) is 24.2 Å². The average molecular weight is 173 g/mol. The molecular weight excluding hydrogens is 154 g/mol. The van der Waals surface area contributed by atoms with Gasteiger partial charge >= 0.3 is 5.97 Å². The highest BCUT2D eigenvalue weighted by Crippen LogP contribution is 2.23. The van der Waals surface area contributed by atoms with E-state index in [-0.39, 0.29) is 0 Å². The Bertz CT molecular complexity index is 151. The Balaban J connectivity index is 4.12. The van der Waals surface area contributed by atoms with Crippen LogP contribution in [-0.2, 0) is 4.79 Å². The van der Waals surface area contributed by atoms with E-state index in [9.17, 15) is 4.79 Å². The Morgan fingerprint density at radius 3 is 2.33 bits per heavy atom. The van der Waals surface area contributed by atoms with Crippen LogP contribution in [0.4, 0.5) is 0 Å². The van der Waals surface area contributed by atoms with Crippen molar-refractivity contribution in [2.75, 3.05) is 7.05 Å². The summed E-state index contributed by atoms with van der Waals surface area (Å²) in [6.45, 7) is 5.57. The monoisotopic (exact) mass is 173 g/mol. The molecule has 3 heteroatoms. The highest BCUT2D eigenvalue weighted by molar-refractivity contribution is 5.73. The highest BCUT2D eigenvalue weighted by atomic mass is 16.4. The molecule has 1 unspecified atom stereocenters. The van der Waals surface area contributed by atoms with Gasteiger partial charge < -0.3 is 10.4 Å². The van der Waals surface area contributed by atoms with Crippen molar-refractivity contribution in [3.05, 3.63) is 0 Å². The minimum Gasteiger partial charge on any atom is -0.481 e. The lowest BCUT2D eigenvalue weighted by molar-refractivity contribution is -0.147. The van der Waals surface area contributed by atoms with Crippen LogP contribution in [0.3, 0.4) is 0 Å². The van der Waals surface area contributed by atoms with Crippen LogP contribution in [0.1, 0.15) is 33.6 Å². The maximum Gasteiger partial charge on any atom is 0.309 e. The quantitative estimate of drug-likeness (QED) is 0.662. The van der Waals surface area contributed by atoms with Crippen LogP contribution in [0.5, 0.6) is 0 Å². The second-order valence-electron chi connectivity index (χ2n) is 3.79. The lowest BCUT2D eigenvalue weighted by Crippen LogP contribution is -2.34. The molecule has 0 radical (unpaired) electrons. The first kappa shape index (κ1) is 11.4. The van der Waals surface area contributed by atoms with Crippen LogP contribution >= 0.6 is 0 Å². The molecule has 0 aromatic heterocycles. The predicted molar refractivity (Wildman–Crippen MR) is 49.2 cm³/mol. The van der Waals surface area contributed by atoms with Gasteiger partial charge in [0, 0.05) is 6.04 Å². The number of hydrogen-bond donors (Lipinski definition) is 2. The molecule has 2 N–H and O–H groups in total. The second-order valence-corrected chi connectivity index (χ2v) is 3.79. The summed E-state index contributed by atoms with van der Waals surface area (Å²) < 4.78 is 0. The molecule has 3 nitrogen and oxygen atoms in total. The average Bonchev–Trinajstić information content (AvgIpc) is 2.00. The second kappa shape index (κ2) is 4.45. The van der Waals surface area contributed by atoms with Gasteiger partial charge in [0.1, 0.15) is 0 Å². The van der Waals surface area contributed by atoms with Crippen molar-refractivity contribution in [2.24, 2.45) is 5.41 Å². The summed E-state index contributed by atoms with van der Waals surface area (Å²) in [5.74, 6) is -0.726. The Morgan fingerprint density at radius 1 is 1.58 bits per heavy atom. The molecule has 0 spiro atoms. The molecule has 0 saturated heterocycles. The molecule has 0 amide bonds. The maximum atomic E-state index is 10.8. The van der Waals surface area contributed by atoms with E-state index in [1.807, 2.05) is 7.05 Å². The van der Waals surface area contributed by atoms with Crippen molar-refractivity contribution in [2.45, 2.75) is 39.7 Å². The predicted octanol–water partition coefficient (Wildman–Crippen LogP) is 1.49. The van der Waals surface area contributed by atoms with Crippen LogP contribution in [0.25, 0.3) is 0 Å². The first-order chi connectivity index (χ1) is 5.44. The van der Waals surface area contributed by atoms with Gasteiger partial charge in [-0.3, -0.25) is 4.79 Å². The lowest BCUT2D eigenvalue weighted by Gasteiger charge is -2.24. The minimum absolute atomic E-state index is 0.302. The van der Waals surface area contributed by atoms with Crippen molar-refractivity contribution in [1.29, 1.82) is 0 Å². The summed E-state index contributed by atoms with van der Waals surface area (Å²) in [5.41, 5.74) is -0.621. The molecule has 0 heterocycles. The van der Waals surface area contributed by atoms with Crippen molar-refractivity contribution < 1.29 is 9.90 Å². The third-order valence-electron chi connectivity index (χ3n) is 2.24. The van der Waals surface area contributed by atoms with E-state index in [0.717, 1.165) is 6.42 Å². The summed E-state index contributed by atoms with van der Waals surface area (Å²) in [7, 11) is 1.87. The third-order valence-corrected chi connectivity index (χ3v) is 2.24. The molecule has 12 heavy (non-hydrogen) atoms. The van der Waals surface area contributed by atoms with Crippen LogP contribution < -0.4 is 5.32 Å². The highest BCUT2D eigenvalue weighted by Gasteiger charge is 2.29. The molecule has 0 aliphatic rings. The Kier molecular flexibility index (Phi) is 4.24. The number of carbonyl (C=O) groups is 1. The first-order valence-corrected chi connectivity index (χ1v) is 4.34. The van der Waals surface area contributed by atoms with Gasteiger partial charge in [0.05, 0.1) is 5.41 Å². The van der Waals surface area contributed by atoms with Gasteiger partial charge in [-0.05, 0) is 33.7 Å². The number of aliphatic carboxylic acids is 1. The Morgan fingerprint density at radius 2 is 2.08 bits per heavy atom. The number of hydrogen-bond acceptors (Lipinski definition) is 2. The van der Waals surface area contributed by atoms with E-state index in [1.165, 1.54) is 0 Å². The van der Waals surface area contributed by atoms with Crippen LogP contribution in [0, 0.1) is 5.41 Å². The SMILES string of the molecule is CCC(CC(C)(C)C(=O)O)NC. The fraction of sp³-hybridized carbons (Fsp3) is 0.889. The van der Waals surface area contributed by atoms with Crippen molar-refractivity contribution >= 4 is 5.97 Å². The van der Waals surface area contributed by atoms with Gasteiger partial charge in [-0.1, -0.05) is 6.92 Å². The summed E-state index contributed by atoms with van der Waals surface area (Å²) >= 11 is 0. The molecule has 0 aromatic rings. The zero-order valence-corrected chi connectivity index (χ0v) is 8.35. The molecule has 1 atom stereocenters. The Hall–Kier alpha value is -0.570. The van der Waals surface area contributed by atoms with Crippen LogP contribution in [0.2, 0.25) is 0 Å². The summed E-state index contributed by atoms with van der Waals surface area (Å²) in [5, 5.41) is 12.0. The number of carboxylic acids is 1.